The van der Waals surface area contributed by atoms with Crippen LogP contribution in [-0.4, -0.2) is 60.1 Å². The Morgan fingerprint density at radius 3 is 2.18 bits per heavy atom. The Labute approximate surface area is 187 Å². The van der Waals surface area contributed by atoms with E-state index in [0.29, 0.717) is 42.2 Å². The van der Waals surface area contributed by atoms with Crippen molar-refractivity contribution in [2.24, 2.45) is 0 Å². The van der Waals surface area contributed by atoms with Crippen LogP contribution in [0.1, 0.15) is 15.9 Å². The van der Waals surface area contributed by atoms with E-state index >= 15 is 0 Å². The van der Waals surface area contributed by atoms with E-state index in [1.807, 2.05) is 19.0 Å². The number of amides is 1. The lowest BCUT2D eigenvalue weighted by molar-refractivity contribution is -0.137. The van der Waals surface area contributed by atoms with Crippen LogP contribution < -0.4 is 10.2 Å². The van der Waals surface area contributed by atoms with Crippen molar-refractivity contribution in [3.05, 3.63) is 65.7 Å². The number of alkyl halides is 3. The van der Waals surface area contributed by atoms with Crippen molar-refractivity contribution in [1.29, 1.82) is 0 Å². The highest BCUT2D eigenvalue weighted by Crippen LogP contribution is 2.39. The van der Waals surface area contributed by atoms with Gasteiger partial charge in [0, 0.05) is 25.2 Å². The van der Waals surface area contributed by atoms with E-state index in [4.69, 9.17) is 10.2 Å². The summed E-state index contributed by atoms with van der Waals surface area (Å²) in [5, 5.41) is 18.6. The van der Waals surface area contributed by atoms with Crippen LogP contribution in [0.25, 0.3) is 0 Å². The third kappa shape index (κ3) is 7.07. The molecule has 8 nitrogen and oxygen atoms in total. The van der Waals surface area contributed by atoms with Gasteiger partial charge in [-0.2, -0.15) is 13.2 Å². The van der Waals surface area contributed by atoms with E-state index in [1.165, 1.54) is 11.0 Å². The van der Waals surface area contributed by atoms with Crippen LogP contribution in [0.5, 0.6) is 0 Å². The maximum Gasteiger partial charge on any atom is 0.416 e. The maximum atomic E-state index is 13.1. The van der Waals surface area contributed by atoms with Gasteiger partial charge in [-0.15, -0.1) is 0 Å². The van der Waals surface area contributed by atoms with E-state index in [1.54, 1.807) is 24.3 Å². The first kappa shape index (κ1) is 25.4. The molecular formula is C22H22F3N3O5. The second kappa shape index (κ2) is 10.6. The molecule has 0 radical (unpaired) electrons. The Hall–Kier alpha value is -3.86. The zero-order valence-electron chi connectivity index (χ0n) is 17.8. The maximum absolute atomic E-state index is 13.1. The number of halogens is 3. The molecular weight excluding hydrogens is 443 g/mol. The number of carboxylic acid groups (broad SMARTS) is 2. The van der Waals surface area contributed by atoms with Crippen LogP contribution in [0.4, 0.5) is 30.2 Å². The molecule has 2 aromatic carbocycles. The van der Waals surface area contributed by atoms with Gasteiger partial charge in [0.2, 0.25) is 0 Å². The molecule has 0 atom stereocenters. The number of anilines is 3. The fourth-order valence-electron chi connectivity index (χ4n) is 2.89. The SMILES string of the molecule is CN(C)CCN1C(=O)c2ccccc2Nc2cc(C(F)(F)F)ccc21.O=C(O)/C=C\C(=O)O. The van der Waals surface area contributed by atoms with Gasteiger partial charge in [0.1, 0.15) is 0 Å². The Morgan fingerprint density at radius 2 is 1.64 bits per heavy atom. The largest absolute Gasteiger partial charge is 0.478 e. The smallest absolute Gasteiger partial charge is 0.416 e. The van der Waals surface area contributed by atoms with Crippen LogP contribution in [-0.2, 0) is 15.8 Å². The van der Waals surface area contributed by atoms with Crippen LogP contribution in [0.3, 0.4) is 0 Å². The number of carboxylic acids is 2. The summed E-state index contributed by atoms with van der Waals surface area (Å²) in [6, 6.07) is 10.2. The minimum Gasteiger partial charge on any atom is -0.478 e. The molecule has 0 spiro atoms. The highest BCUT2D eigenvalue weighted by molar-refractivity contribution is 6.13. The Kier molecular flexibility index (Phi) is 8.19. The van der Waals surface area contributed by atoms with E-state index in [-0.39, 0.29) is 11.6 Å². The summed E-state index contributed by atoms with van der Waals surface area (Å²) in [6.07, 6.45) is -3.33. The predicted molar refractivity (Wildman–Crippen MR) is 116 cm³/mol. The summed E-state index contributed by atoms with van der Waals surface area (Å²) in [5.74, 6) is -2.75. The molecule has 1 aliphatic rings. The quantitative estimate of drug-likeness (QED) is 0.578. The van der Waals surface area contributed by atoms with E-state index in [0.717, 1.165) is 12.1 Å². The van der Waals surface area contributed by atoms with E-state index in [9.17, 15) is 27.6 Å². The average molecular weight is 465 g/mol. The number of nitrogens with one attached hydrogen (secondary N) is 1. The molecule has 1 heterocycles. The molecule has 1 amide bonds. The second-order valence-electron chi connectivity index (χ2n) is 7.17. The van der Waals surface area contributed by atoms with Gasteiger partial charge in [0.25, 0.3) is 5.91 Å². The first-order valence-corrected chi connectivity index (χ1v) is 9.58. The minimum absolute atomic E-state index is 0.233. The summed E-state index contributed by atoms with van der Waals surface area (Å²) in [7, 11) is 3.75. The first-order chi connectivity index (χ1) is 15.4. The zero-order valence-corrected chi connectivity index (χ0v) is 17.8. The molecule has 0 fully saturated rings. The molecule has 3 rings (SSSR count). The zero-order chi connectivity index (χ0) is 24.8. The molecule has 0 aliphatic carbocycles. The summed E-state index contributed by atoms with van der Waals surface area (Å²) >= 11 is 0. The van der Waals surface area contributed by atoms with Crippen molar-refractivity contribution in [2.75, 3.05) is 37.4 Å². The summed E-state index contributed by atoms with van der Waals surface area (Å²) in [6.45, 7) is 0.967. The van der Waals surface area contributed by atoms with Gasteiger partial charge in [0.05, 0.1) is 28.2 Å². The lowest BCUT2D eigenvalue weighted by Gasteiger charge is -2.25. The molecule has 11 heteroatoms. The molecule has 2 aromatic rings. The number of likely N-dealkylation sites (N-methyl/N-ethyl adjacent to an activating group) is 1. The Balaban J connectivity index is 0.000000414. The molecule has 1 aliphatic heterocycles. The van der Waals surface area contributed by atoms with Gasteiger partial charge >= 0.3 is 18.1 Å². The van der Waals surface area contributed by atoms with E-state index in [2.05, 4.69) is 5.32 Å². The lowest BCUT2D eigenvalue weighted by Crippen LogP contribution is -2.36. The Bertz CT molecular complexity index is 1050. The van der Waals surface area contributed by atoms with Crippen molar-refractivity contribution < 1.29 is 37.8 Å². The average Bonchev–Trinajstić information content (AvgIpc) is 2.84. The van der Waals surface area contributed by atoms with Gasteiger partial charge in [-0.1, -0.05) is 12.1 Å². The molecule has 3 N–H and O–H groups in total. The highest BCUT2D eigenvalue weighted by atomic mass is 19.4. The number of fused-ring (bicyclic) bond motifs is 2. The highest BCUT2D eigenvalue weighted by Gasteiger charge is 2.33. The first-order valence-electron chi connectivity index (χ1n) is 9.58. The molecule has 0 unspecified atom stereocenters. The minimum atomic E-state index is -4.44. The number of nitrogens with zero attached hydrogens (tertiary/aromatic N) is 2. The molecule has 0 saturated heterocycles. The van der Waals surface area contributed by atoms with Crippen LogP contribution in [0.15, 0.2) is 54.6 Å². The standard InChI is InChI=1S/C18H18F3N3O.C4H4O4/c1-23(2)9-10-24-16-8-7-12(18(19,20)21)11-15(16)22-14-6-4-3-5-13(14)17(24)25;5-3(6)1-2-4(7)8/h3-8,11,22H,9-10H2,1-2H3;1-2H,(H,5,6)(H,7,8)/b;2-1-. The summed E-state index contributed by atoms with van der Waals surface area (Å²) < 4.78 is 39.2. The predicted octanol–water partition coefficient (Wildman–Crippen LogP) is 3.68. The van der Waals surface area contributed by atoms with Gasteiger partial charge in [-0.05, 0) is 44.4 Å². The number of benzene rings is 2. The third-order valence-electron chi connectivity index (χ3n) is 4.43. The number of para-hydroxylation sites is 1. The van der Waals surface area contributed by atoms with Gasteiger partial charge < -0.3 is 25.3 Å². The third-order valence-corrected chi connectivity index (χ3v) is 4.43. The van der Waals surface area contributed by atoms with Crippen molar-refractivity contribution >= 4 is 34.9 Å². The second-order valence-corrected chi connectivity index (χ2v) is 7.17. The van der Waals surface area contributed by atoms with Gasteiger partial charge in [-0.25, -0.2) is 9.59 Å². The molecule has 0 saturated carbocycles. The van der Waals surface area contributed by atoms with Gasteiger partial charge in [0.15, 0.2) is 0 Å². The number of hydrogen-bond acceptors (Lipinski definition) is 5. The fourth-order valence-corrected chi connectivity index (χ4v) is 2.89. The number of carbonyl (C=O) groups is 3. The number of carbonyl (C=O) groups excluding carboxylic acids is 1. The summed E-state index contributed by atoms with van der Waals surface area (Å²) in [5.41, 5.74) is 0.896. The number of rotatable bonds is 5. The van der Waals surface area contributed by atoms with Crippen molar-refractivity contribution in [3.63, 3.8) is 0 Å². The monoisotopic (exact) mass is 465 g/mol. The van der Waals surface area contributed by atoms with Gasteiger partial charge in [-0.3, -0.25) is 4.79 Å². The lowest BCUT2D eigenvalue weighted by atomic mass is 10.1. The van der Waals surface area contributed by atoms with Crippen LogP contribution in [0, 0.1) is 0 Å². The molecule has 0 bridgehead atoms. The topological polar surface area (TPSA) is 110 Å². The molecule has 33 heavy (non-hydrogen) atoms. The number of hydrogen-bond donors (Lipinski definition) is 3. The van der Waals surface area contributed by atoms with Crippen molar-refractivity contribution in [3.8, 4) is 0 Å². The fraction of sp³-hybridized carbons (Fsp3) is 0.227. The van der Waals surface area contributed by atoms with Crippen molar-refractivity contribution in [2.45, 2.75) is 6.18 Å². The Morgan fingerprint density at radius 1 is 1.03 bits per heavy atom. The molecule has 176 valence electrons. The molecule has 0 aromatic heterocycles. The van der Waals surface area contributed by atoms with E-state index < -0.39 is 23.7 Å². The number of aliphatic carboxylic acids is 2. The van der Waals surface area contributed by atoms with Crippen molar-refractivity contribution in [1.82, 2.24) is 4.90 Å². The normalized spacial score (nSPS) is 12.9. The van der Waals surface area contributed by atoms with Crippen LogP contribution in [0.2, 0.25) is 0 Å². The van der Waals surface area contributed by atoms with Crippen LogP contribution >= 0.6 is 0 Å². The summed E-state index contributed by atoms with van der Waals surface area (Å²) in [4.78, 5) is 35.5.